The maximum absolute atomic E-state index is 13.6. The largest absolute Gasteiger partial charge is 0.627 e. The highest BCUT2D eigenvalue weighted by Crippen LogP contribution is 2.32. The molecule has 2 N–H and O–H groups in total. The summed E-state index contributed by atoms with van der Waals surface area (Å²) in [7, 11) is 0. The Kier molecular flexibility index (Phi) is 6.50. The van der Waals surface area contributed by atoms with Crippen molar-refractivity contribution in [3.63, 3.8) is 0 Å². The molecule has 0 saturated heterocycles. The number of carbonyl (C=O) groups excluding carboxylic acids is 1. The highest BCUT2D eigenvalue weighted by atomic mass is 32.1. The number of carboxylic acids is 1. The molecule has 1 amide bonds. The van der Waals surface area contributed by atoms with Crippen molar-refractivity contribution >= 4 is 41.0 Å². The number of para-hydroxylation sites is 1. The van der Waals surface area contributed by atoms with E-state index < -0.39 is 28.5 Å². The normalized spacial score (nSPS) is 21.4. The Balaban J connectivity index is 1.49. The van der Waals surface area contributed by atoms with E-state index in [2.05, 4.69) is 17.9 Å². The Labute approximate surface area is 192 Å². The predicted octanol–water partition coefficient (Wildman–Crippen LogP) is 3.70. The van der Waals surface area contributed by atoms with Crippen LogP contribution < -0.4 is 9.96 Å². The number of hydrogen-bond acceptors (Lipinski definition) is 4. The van der Waals surface area contributed by atoms with Gasteiger partial charge in [-0.2, -0.15) is 12.6 Å². The molecule has 1 aliphatic heterocycles. The van der Waals surface area contributed by atoms with Crippen LogP contribution in [0.2, 0.25) is 0 Å². The number of amides is 1. The summed E-state index contributed by atoms with van der Waals surface area (Å²) in [5.41, 5.74) is 2.33. The minimum absolute atomic E-state index is 0.0240. The number of carbonyl (C=O) groups is 2. The molecule has 0 aliphatic carbocycles. The van der Waals surface area contributed by atoms with Gasteiger partial charge in [0.2, 0.25) is 5.91 Å². The number of thiol groups is 1. The van der Waals surface area contributed by atoms with Gasteiger partial charge in [0.1, 0.15) is 12.2 Å². The van der Waals surface area contributed by atoms with Crippen molar-refractivity contribution < 1.29 is 14.7 Å². The number of aliphatic carboxylic acids is 1. The van der Waals surface area contributed by atoms with Crippen molar-refractivity contribution in [2.75, 3.05) is 13.1 Å². The summed E-state index contributed by atoms with van der Waals surface area (Å²) in [6, 6.07) is 20.7. The van der Waals surface area contributed by atoms with Crippen LogP contribution in [0.1, 0.15) is 17.5 Å². The third-order valence-electron chi connectivity index (χ3n) is 6.04. The minimum atomic E-state index is -1.16. The Morgan fingerprint density at radius 1 is 1.09 bits per heavy atom. The Bertz CT molecular complexity index is 1150. The molecule has 0 aromatic heterocycles. The standard InChI is InChI=1S/C25H26N2O4S/c28-24(29)16-27(31)15-20(13-12-18-7-2-4-11-22(18)27)26-25(30)23(32)14-19-9-5-8-17-6-1-3-10-21(17)19/h1-11,20,23,32H,12-16H2,(H,26,30)(H,28,29)/t20-,23?,27?/m0/s1. The van der Waals surface area contributed by atoms with Gasteiger partial charge in [0.15, 0.2) is 6.54 Å². The summed E-state index contributed by atoms with van der Waals surface area (Å²) in [6.07, 6.45) is 1.62. The molecule has 1 heterocycles. The average Bonchev–Trinajstić information content (AvgIpc) is 2.90. The van der Waals surface area contributed by atoms with Crippen LogP contribution in [0.15, 0.2) is 66.7 Å². The number of hydroxylamine groups is 2. The molecular weight excluding hydrogens is 424 g/mol. The SMILES string of the molecule is O=C(O)C[N+]1([O-])C[C@@H](NC(=O)C(S)Cc2cccc3ccccc23)CCc2ccccc21. The van der Waals surface area contributed by atoms with Gasteiger partial charge in [-0.05, 0) is 41.7 Å². The van der Waals surface area contributed by atoms with Gasteiger partial charge >= 0.3 is 5.97 Å². The highest BCUT2D eigenvalue weighted by molar-refractivity contribution is 7.81. The van der Waals surface area contributed by atoms with E-state index in [9.17, 15) is 19.9 Å². The second-order valence-corrected chi connectivity index (χ2v) is 8.98. The van der Waals surface area contributed by atoms with Crippen molar-refractivity contribution in [2.45, 2.75) is 30.6 Å². The fraction of sp³-hybridized carbons (Fsp3) is 0.280. The monoisotopic (exact) mass is 450 g/mol. The second-order valence-electron chi connectivity index (χ2n) is 8.35. The Morgan fingerprint density at radius 2 is 1.81 bits per heavy atom. The predicted molar refractivity (Wildman–Crippen MR) is 130 cm³/mol. The summed E-state index contributed by atoms with van der Waals surface area (Å²) in [5.74, 6) is -1.41. The molecule has 32 heavy (non-hydrogen) atoms. The van der Waals surface area contributed by atoms with Crippen LogP contribution in [0.25, 0.3) is 10.8 Å². The van der Waals surface area contributed by atoms with Gasteiger partial charge < -0.3 is 20.3 Å². The van der Waals surface area contributed by atoms with Crippen molar-refractivity contribution in [1.82, 2.24) is 9.96 Å². The van der Waals surface area contributed by atoms with E-state index in [4.69, 9.17) is 0 Å². The smallest absolute Gasteiger partial charge is 0.360 e. The lowest BCUT2D eigenvalue weighted by Gasteiger charge is -2.42. The third kappa shape index (κ3) is 4.80. The number of nitrogens with zero attached hydrogens (tertiary/aromatic N) is 1. The number of fused-ring (bicyclic) bond motifs is 2. The zero-order chi connectivity index (χ0) is 22.7. The van der Waals surface area contributed by atoms with Gasteiger partial charge in [-0.15, -0.1) is 0 Å². The van der Waals surface area contributed by atoms with Crippen molar-refractivity contribution in [2.24, 2.45) is 0 Å². The quantitative estimate of drug-likeness (QED) is 0.304. The third-order valence-corrected chi connectivity index (χ3v) is 6.46. The van der Waals surface area contributed by atoms with Crippen LogP contribution in [0.4, 0.5) is 5.69 Å². The van der Waals surface area contributed by atoms with E-state index in [1.165, 1.54) is 0 Å². The van der Waals surface area contributed by atoms with E-state index >= 15 is 0 Å². The molecule has 166 valence electrons. The number of benzene rings is 3. The Hall–Kier alpha value is -2.87. The number of quaternary nitrogens is 1. The van der Waals surface area contributed by atoms with E-state index in [-0.39, 0.29) is 12.5 Å². The van der Waals surface area contributed by atoms with Gasteiger partial charge in [-0.25, -0.2) is 4.79 Å². The molecule has 0 bridgehead atoms. The van der Waals surface area contributed by atoms with Gasteiger partial charge in [-0.3, -0.25) is 4.79 Å². The number of aryl methyl sites for hydroxylation is 1. The molecule has 3 aromatic carbocycles. The fourth-order valence-corrected chi connectivity index (χ4v) is 4.82. The van der Waals surface area contributed by atoms with Gasteiger partial charge in [-0.1, -0.05) is 60.7 Å². The van der Waals surface area contributed by atoms with Crippen LogP contribution in [-0.4, -0.2) is 41.4 Å². The zero-order valence-corrected chi connectivity index (χ0v) is 18.5. The highest BCUT2D eigenvalue weighted by Gasteiger charge is 2.34. The molecule has 1 aliphatic rings. The van der Waals surface area contributed by atoms with E-state index in [1.807, 2.05) is 54.6 Å². The van der Waals surface area contributed by atoms with Gasteiger partial charge in [0, 0.05) is 5.56 Å². The first-order valence-electron chi connectivity index (χ1n) is 10.7. The molecule has 0 fully saturated rings. The van der Waals surface area contributed by atoms with Crippen LogP contribution in [-0.2, 0) is 22.4 Å². The fourth-order valence-electron chi connectivity index (χ4n) is 4.55. The summed E-state index contributed by atoms with van der Waals surface area (Å²) < 4.78 is -0.989. The minimum Gasteiger partial charge on any atom is -0.627 e. The molecule has 0 saturated carbocycles. The molecule has 2 unspecified atom stereocenters. The van der Waals surface area contributed by atoms with Crippen LogP contribution in [0, 0.1) is 5.21 Å². The lowest BCUT2D eigenvalue weighted by molar-refractivity contribution is -0.137. The maximum Gasteiger partial charge on any atom is 0.360 e. The molecule has 6 nitrogen and oxygen atoms in total. The number of rotatable bonds is 6. The molecule has 3 aromatic rings. The first-order valence-corrected chi connectivity index (χ1v) is 11.2. The summed E-state index contributed by atoms with van der Waals surface area (Å²) >= 11 is 4.55. The summed E-state index contributed by atoms with van der Waals surface area (Å²) in [6.45, 7) is -0.604. The maximum atomic E-state index is 13.6. The number of nitrogens with one attached hydrogen (secondary N) is 1. The first kappa shape index (κ1) is 22.3. The topological polar surface area (TPSA) is 89.5 Å². The molecular formula is C25H26N2O4S. The molecule has 0 radical (unpaired) electrons. The number of hydrogen-bond donors (Lipinski definition) is 3. The van der Waals surface area contributed by atoms with Crippen LogP contribution in [0.3, 0.4) is 0 Å². The van der Waals surface area contributed by atoms with E-state index in [1.54, 1.807) is 12.1 Å². The van der Waals surface area contributed by atoms with Crippen molar-refractivity contribution in [1.29, 1.82) is 0 Å². The molecule has 4 rings (SSSR count). The number of carboxylic acid groups (broad SMARTS) is 1. The lowest BCUT2D eigenvalue weighted by Crippen LogP contribution is -2.55. The van der Waals surface area contributed by atoms with Gasteiger partial charge in [0.25, 0.3) is 0 Å². The van der Waals surface area contributed by atoms with Crippen LogP contribution >= 0.6 is 12.6 Å². The first-order chi connectivity index (χ1) is 15.4. The molecule has 0 spiro atoms. The zero-order valence-electron chi connectivity index (χ0n) is 17.6. The summed E-state index contributed by atoms with van der Waals surface area (Å²) in [5, 5.41) is 27.5. The van der Waals surface area contributed by atoms with E-state index in [0.717, 1.165) is 21.9 Å². The second kappa shape index (κ2) is 9.32. The lowest BCUT2D eigenvalue weighted by atomic mass is 10.0. The summed E-state index contributed by atoms with van der Waals surface area (Å²) in [4.78, 5) is 24.4. The average molecular weight is 451 g/mol. The molecule has 7 heteroatoms. The Morgan fingerprint density at radius 3 is 2.62 bits per heavy atom. The van der Waals surface area contributed by atoms with E-state index in [0.29, 0.717) is 24.9 Å². The molecule has 3 atom stereocenters. The van der Waals surface area contributed by atoms with Crippen molar-refractivity contribution in [3.05, 3.63) is 83.1 Å². The van der Waals surface area contributed by atoms with Crippen molar-refractivity contribution in [3.8, 4) is 0 Å². The van der Waals surface area contributed by atoms with Crippen LogP contribution in [0.5, 0.6) is 0 Å². The van der Waals surface area contributed by atoms with Gasteiger partial charge in [0.05, 0.1) is 11.3 Å².